The molecular formula is C20H14N6. The van der Waals surface area contributed by atoms with E-state index >= 15 is 0 Å². The number of hydrogen-bond acceptors (Lipinski definition) is 4. The van der Waals surface area contributed by atoms with Crippen LogP contribution in [0.5, 0.6) is 0 Å². The Morgan fingerprint density at radius 3 is 2.50 bits per heavy atom. The number of nitrogens with zero attached hydrogens (tertiary/aromatic N) is 4. The number of aromatic amines is 2. The van der Waals surface area contributed by atoms with Crippen LogP contribution >= 0.6 is 0 Å². The van der Waals surface area contributed by atoms with E-state index in [4.69, 9.17) is 4.98 Å². The lowest BCUT2D eigenvalue weighted by molar-refractivity contribution is 1.10. The van der Waals surface area contributed by atoms with Gasteiger partial charge in [0.25, 0.3) is 0 Å². The Morgan fingerprint density at radius 1 is 0.808 bits per heavy atom. The Kier molecular flexibility index (Phi) is 3.31. The SMILES string of the molecule is c1ccc(-c2nc(-c3ccncc3)c(-c3cnc4[nH]ncc4c3)[nH]2)cc1. The van der Waals surface area contributed by atoms with Crippen molar-refractivity contribution in [3.63, 3.8) is 0 Å². The van der Waals surface area contributed by atoms with Gasteiger partial charge in [0.15, 0.2) is 5.65 Å². The van der Waals surface area contributed by atoms with E-state index in [2.05, 4.69) is 31.2 Å². The van der Waals surface area contributed by atoms with Gasteiger partial charge in [-0.05, 0) is 18.2 Å². The maximum atomic E-state index is 4.86. The molecule has 0 aliphatic carbocycles. The molecule has 0 spiro atoms. The molecule has 4 aromatic heterocycles. The number of rotatable bonds is 3. The summed E-state index contributed by atoms with van der Waals surface area (Å²) in [6.07, 6.45) is 7.14. The number of fused-ring (bicyclic) bond motifs is 1. The second-order valence-electron chi connectivity index (χ2n) is 5.94. The molecule has 0 atom stereocenters. The van der Waals surface area contributed by atoms with E-state index in [1.54, 1.807) is 18.6 Å². The number of nitrogens with one attached hydrogen (secondary N) is 2. The van der Waals surface area contributed by atoms with Crippen molar-refractivity contribution in [2.75, 3.05) is 0 Å². The second kappa shape index (κ2) is 5.93. The predicted molar refractivity (Wildman–Crippen MR) is 100 cm³/mol. The third-order valence-corrected chi connectivity index (χ3v) is 4.28. The fraction of sp³-hybridized carbons (Fsp3) is 0. The summed E-state index contributed by atoms with van der Waals surface area (Å²) in [5.41, 5.74) is 5.55. The first-order chi connectivity index (χ1) is 12.9. The van der Waals surface area contributed by atoms with Crippen LogP contribution in [-0.2, 0) is 0 Å². The van der Waals surface area contributed by atoms with Crippen LogP contribution in [0.2, 0.25) is 0 Å². The number of benzene rings is 1. The molecule has 0 saturated heterocycles. The monoisotopic (exact) mass is 338 g/mol. The minimum atomic E-state index is 0.766. The van der Waals surface area contributed by atoms with E-state index in [1.807, 2.05) is 48.7 Å². The summed E-state index contributed by atoms with van der Waals surface area (Å²) in [6, 6.07) is 16.0. The van der Waals surface area contributed by atoms with Gasteiger partial charge in [-0.2, -0.15) is 5.10 Å². The first-order valence-corrected chi connectivity index (χ1v) is 8.24. The summed E-state index contributed by atoms with van der Waals surface area (Å²) < 4.78 is 0. The molecule has 0 aliphatic rings. The maximum absolute atomic E-state index is 4.86. The van der Waals surface area contributed by atoms with Gasteiger partial charge in [0.2, 0.25) is 0 Å². The molecule has 0 radical (unpaired) electrons. The van der Waals surface area contributed by atoms with Crippen LogP contribution in [-0.4, -0.2) is 30.1 Å². The second-order valence-corrected chi connectivity index (χ2v) is 5.94. The number of H-pyrrole nitrogens is 2. The molecule has 4 heterocycles. The van der Waals surface area contributed by atoms with E-state index in [1.165, 1.54) is 0 Å². The van der Waals surface area contributed by atoms with Crippen molar-refractivity contribution in [1.29, 1.82) is 0 Å². The van der Waals surface area contributed by atoms with Gasteiger partial charge in [0.1, 0.15) is 5.82 Å². The van der Waals surface area contributed by atoms with Crippen molar-refractivity contribution in [2.45, 2.75) is 0 Å². The molecule has 0 saturated carbocycles. The minimum absolute atomic E-state index is 0.766. The van der Waals surface area contributed by atoms with Crippen LogP contribution in [0.15, 0.2) is 73.3 Å². The topological polar surface area (TPSA) is 83.1 Å². The summed E-state index contributed by atoms with van der Waals surface area (Å²) in [7, 11) is 0. The lowest BCUT2D eigenvalue weighted by Gasteiger charge is -2.02. The van der Waals surface area contributed by atoms with Gasteiger partial charge >= 0.3 is 0 Å². The van der Waals surface area contributed by atoms with E-state index in [-0.39, 0.29) is 0 Å². The molecule has 0 aliphatic heterocycles. The normalized spacial score (nSPS) is 11.1. The highest BCUT2D eigenvalue weighted by Crippen LogP contribution is 2.33. The largest absolute Gasteiger partial charge is 0.337 e. The van der Waals surface area contributed by atoms with Gasteiger partial charge in [-0.15, -0.1) is 0 Å². The predicted octanol–water partition coefficient (Wildman–Crippen LogP) is 4.08. The molecule has 26 heavy (non-hydrogen) atoms. The van der Waals surface area contributed by atoms with Gasteiger partial charge < -0.3 is 4.98 Å². The van der Waals surface area contributed by atoms with E-state index < -0.39 is 0 Å². The summed E-state index contributed by atoms with van der Waals surface area (Å²) >= 11 is 0. The van der Waals surface area contributed by atoms with Crippen LogP contribution < -0.4 is 0 Å². The van der Waals surface area contributed by atoms with Crippen molar-refractivity contribution in [2.24, 2.45) is 0 Å². The molecule has 1 aromatic carbocycles. The van der Waals surface area contributed by atoms with E-state index in [0.29, 0.717) is 0 Å². The molecule has 0 fully saturated rings. The molecular weight excluding hydrogens is 324 g/mol. The Balaban J connectivity index is 1.73. The highest BCUT2D eigenvalue weighted by molar-refractivity contribution is 5.85. The number of aromatic nitrogens is 6. The van der Waals surface area contributed by atoms with Crippen molar-refractivity contribution in [3.8, 4) is 33.9 Å². The zero-order valence-corrected chi connectivity index (χ0v) is 13.7. The van der Waals surface area contributed by atoms with Crippen LogP contribution in [0, 0.1) is 0 Å². The Bertz CT molecular complexity index is 1170. The molecule has 5 aromatic rings. The van der Waals surface area contributed by atoms with Crippen molar-refractivity contribution in [1.82, 2.24) is 30.1 Å². The van der Waals surface area contributed by atoms with Gasteiger partial charge in [0, 0.05) is 40.7 Å². The highest BCUT2D eigenvalue weighted by atomic mass is 15.1. The van der Waals surface area contributed by atoms with Crippen LogP contribution in [0.25, 0.3) is 44.9 Å². The first-order valence-electron chi connectivity index (χ1n) is 8.24. The average molecular weight is 338 g/mol. The molecule has 0 unspecified atom stereocenters. The fourth-order valence-electron chi connectivity index (χ4n) is 3.01. The summed E-state index contributed by atoms with van der Waals surface area (Å²) in [4.78, 5) is 16.9. The van der Waals surface area contributed by atoms with Crippen LogP contribution in [0.1, 0.15) is 0 Å². The molecule has 0 bridgehead atoms. The maximum Gasteiger partial charge on any atom is 0.155 e. The third kappa shape index (κ3) is 2.44. The third-order valence-electron chi connectivity index (χ3n) is 4.28. The fourth-order valence-corrected chi connectivity index (χ4v) is 3.01. The molecule has 124 valence electrons. The van der Waals surface area contributed by atoms with Crippen molar-refractivity contribution in [3.05, 3.63) is 73.3 Å². The summed E-state index contributed by atoms with van der Waals surface area (Å²) in [6.45, 7) is 0. The van der Waals surface area contributed by atoms with Crippen LogP contribution in [0.4, 0.5) is 0 Å². The molecule has 6 nitrogen and oxygen atoms in total. The average Bonchev–Trinajstić information content (AvgIpc) is 3.36. The number of hydrogen-bond donors (Lipinski definition) is 2. The molecule has 5 rings (SSSR count). The van der Waals surface area contributed by atoms with Gasteiger partial charge in [-0.25, -0.2) is 9.97 Å². The van der Waals surface area contributed by atoms with Gasteiger partial charge in [-0.3, -0.25) is 10.1 Å². The zero-order valence-electron chi connectivity index (χ0n) is 13.7. The highest BCUT2D eigenvalue weighted by Gasteiger charge is 2.16. The summed E-state index contributed by atoms with van der Waals surface area (Å²) in [5, 5.41) is 7.89. The standard InChI is InChI=1S/C20H14N6/c1-2-4-14(5-3-1)20-24-17(13-6-8-21-9-7-13)18(25-20)15-10-16-12-23-26-19(16)22-11-15/h1-12H,(H,24,25)(H,22,23,26). The lowest BCUT2D eigenvalue weighted by atomic mass is 10.1. The van der Waals surface area contributed by atoms with Crippen LogP contribution in [0.3, 0.4) is 0 Å². The quantitative estimate of drug-likeness (QED) is 0.519. The zero-order chi connectivity index (χ0) is 17.3. The Morgan fingerprint density at radius 2 is 1.65 bits per heavy atom. The molecule has 6 heteroatoms. The lowest BCUT2D eigenvalue weighted by Crippen LogP contribution is -1.86. The molecule has 2 N–H and O–H groups in total. The minimum Gasteiger partial charge on any atom is -0.337 e. The Labute approximate surface area is 149 Å². The van der Waals surface area contributed by atoms with Crippen molar-refractivity contribution < 1.29 is 0 Å². The number of imidazole rings is 1. The van der Waals surface area contributed by atoms with E-state index in [0.717, 1.165) is 44.9 Å². The molecule has 0 amide bonds. The van der Waals surface area contributed by atoms with Gasteiger partial charge in [0.05, 0.1) is 17.6 Å². The Hall–Kier alpha value is -3.80. The first kappa shape index (κ1) is 14.5. The number of pyridine rings is 2. The summed E-state index contributed by atoms with van der Waals surface area (Å²) in [5.74, 6) is 0.819. The van der Waals surface area contributed by atoms with E-state index in [9.17, 15) is 0 Å². The van der Waals surface area contributed by atoms with Gasteiger partial charge in [-0.1, -0.05) is 30.3 Å². The van der Waals surface area contributed by atoms with Crippen molar-refractivity contribution >= 4 is 11.0 Å². The smallest absolute Gasteiger partial charge is 0.155 e.